The molecule has 0 radical (unpaired) electrons. The number of anilines is 2. The molecule has 1 aliphatic rings. The van der Waals surface area contributed by atoms with Crippen molar-refractivity contribution in [3.63, 3.8) is 0 Å². The second-order valence-electron chi connectivity index (χ2n) is 6.45. The highest BCUT2D eigenvalue weighted by molar-refractivity contribution is 5.96. The van der Waals surface area contributed by atoms with Gasteiger partial charge < -0.3 is 10.2 Å². The first-order chi connectivity index (χ1) is 12.3. The van der Waals surface area contributed by atoms with Crippen LogP contribution in [-0.2, 0) is 6.42 Å². The van der Waals surface area contributed by atoms with Crippen LogP contribution in [0.2, 0.25) is 0 Å². The van der Waals surface area contributed by atoms with Crippen molar-refractivity contribution >= 4 is 17.4 Å². The second-order valence-corrected chi connectivity index (χ2v) is 6.45. The SMILES string of the molecule is CCCNC(=O)N1CCCN(CCc2ccccc2)c2ccccc21. The van der Waals surface area contributed by atoms with E-state index < -0.39 is 0 Å². The molecule has 4 heteroatoms. The highest BCUT2D eigenvalue weighted by Crippen LogP contribution is 2.32. The maximum atomic E-state index is 12.6. The van der Waals surface area contributed by atoms with Gasteiger partial charge in [0.05, 0.1) is 11.4 Å². The number of hydrogen-bond donors (Lipinski definition) is 1. The minimum Gasteiger partial charge on any atom is -0.369 e. The number of fused-ring (bicyclic) bond motifs is 1. The molecule has 0 saturated heterocycles. The van der Waals surface area contributed by atoms with Crippen molar-refractivity contribution in [1.29, 1.82) is 0 Å². The van der Waals surface area contributed by atoms with E-state index >= 15 is 0 Å². The molecule has 0 aliphatic carbocycles. The highest BCUT2D eigenvalue weighted by Gasteiger charge is 2.24. The van der Waals surface area contributed by atoms with Crippen molar-refractivity contribution in [3.05, 3.63) is 60.2 Å². The van der Waals surface area contributed by atoms with Gasteiger partial charge in [-0.2, -0.15) is 0 Å². The van der Waals surface area contributed by atoms with Crippen LogP contribution in [0.5, 0.6) is 0 Å². The zero-order chi connectivity index (χ0) is 17.5. The molecule has 0 unspecified atom stereocenters. The summed E-state index contributed by atoms with van der Waals surface area (Å²) in [5.74, 6) is 0. The molecular weight excluding hydrogens is 310 g/mol. The standard InChI is InChI=1S/C21H27N3O/c1-2-14-22-21(25)24-16-8-15-23(19-11-6-7-12-20(19)24)17-13-18-9-4-3-5-10-18/h3-7,9-12H,2,8,13-17H2,1H3,(H,22,25). The summed E-state index contributed by atoms with van der Waals surface area (Å²) in [6.45, 7) is 5.48. The molecule has 1 N–H and O–H groups in total. The Bertz CT molecular complexity index is 687. The average molecular weight is 337 g/mol. The largest absolute Gasteiger partial charge is 0.369 e. The number of urea groups is 1. The Labute approximate surface area is 150 Å². The number of benzene rings is 2. The number of nitrogens with one attached hydrogen (secondary N) is 1. The lowest BCUT2D eigenvalue weighted by atomic mass is 10.1. The summed E-state index contributed by atoms with van der Waals surface area (Å²) in [5.41, 5.74) is 3.52. The van der Waals surface area contributed by atoms with E-state index in [1.165, 1.54) is 5.56 Å². The summed E-state index contributed by atoms with van der Waals surface area (Å²) >= 11 is 0. The van der Waals surface area contributed by atoms with Crippen molar-refractivity contribution < 1.29 is 4.79 Å². The molecule has 0 spiro atoms. The Morgan fingerprint density at radius 1 is 1.00 bits per heavy atom. The summed E-state index contributed by atoms with van der Waals surface area (Å²) in [5, 5.41) is 3.01. The summed E-state index contributed by atoms with van der Waals surface area (Å²) in [6.07, 6.45) is 2.94. The maximum absolute atomic E-state index is 12.6. The van der Waals surface area contributed by atoms with E-state index in [0.717, 1.165) is 56.8 Å². The third-order valence-electron chi connectivity index (χ3n) is 4.61. The van der Waals surface area contributed by atoms with Crippen molar-refractivity contribution in [2.75, 3.05) is 36.0 Å². The van der Waals surface area contributed by atoms with Gasteiger partial charge in [0.2, 0.25) is 0 Å². The van der Waals surface area contributed by atoms with Crippen molar-refractivity contribution in [2.45, 2.75) is 26.2 Å². The van der Waals surface area contributed by atoms with Gasteiger partial charge in [0, 0.05) is 26.2 Å². The average Bonchev–Trinajstić information content (AvgIpc) is 2.85. The molecule has 0 saturated carbocycles. The molecule has 132 valence electrons. The molecule has 0 fully saturated rings. The third kappa shape index (κ3) is 4.32. The molecule has 25 heavy (non-hydrogen) atoms. The molecule has 0 atom stereocenters. The Kier molecular flexibility index (Phi) is 5.94. The van der Waals surface area contributed by atoms with Crippen molar-refractivity contribution in [3.8, 4) is 0 Å². The van der Waals surface area contributed by atoms with E-state index in [1.807, 2.05) is 11.0 Å². The van der Waals surface area contributed by atoms with Gasteiger partial charge in [-0.15, -0.1) is 0 Å². The fraction of sp³-hybridized carbons (Fsp3) is 0.381. The van der Waals surface area contributed by atoms with E-state index in [2.05, 4.69) is 65.7 Å². The zero-order valence-electron chi connectivity index (χ0n) is 14.9. The zero-order valence-corrected chi connectivity index (χ0v) is 14.9. The first-order valence-electron chi connectivity index (χ1n) is 9.23. The van der Waals surface area contributed by atoms with Crippen LogP contribution < -0.4 is 15.1 Å². The lowest BCUT2D eigenvalue weighted by Crippen LogP contribution is -2.40. The van der Waals surface area contributed by atoms with Crippen LogP contribution in [0.15, 0.2) is 54.6 Å². The number of amides is 2. The predicted octanol–water partition coefficient (Wildman–Crippen LogP) is 4.07. The highest BCUT2D eigenvalue weighted by atomic mass is 16.2. The quantitative estimate of drug-likeness (QED) is 0.893. The van der Waals surface area contributed by atoms with Crippen LogP contribution in [0, 0.1) is 0 Å². The number of carbonyl (C=O) groups is 1. The first kappa shape index (κ1) is 17.3. The smallest absolute Gasteiger partial charge is 0.321 e. The molecule has 0 bridgehead atoms. The number of para-hydroxylation sites is 2. The van der Waals surface area contributed by atoms with Gasteiger partial charge >= 0.3 is 6.03 Å². The Hall–Kier alpha value is -2.49. The van der Waals surface area contributed by atoms with Gasteiger partial charge in [0.25, 0.3) is 0 Å². The Balaban J connectivity index is 1.77. The van der Waals surface area contributed by atoms with Crippen molar-refractivity contribution in [1.82, 2.24) is 5.32 Å². The molecule has 0 aromatic heterocycles. The van der Waals surface area contributed by atoms with Crippen LogP contribution in [0.25, 0.3) is 0 Å². The number of carbonyl (C=O) groups excluding carboxylic acids is 1. The summed E-state index contributed by atoms with van der Waals surface area (Å²) in [6, 6.07) is 18.9. The normalized spacial score (nSPS) is 14.0. The van der Waals surface area contributed by atoms with Crippen LogP contribution in [0.3, 0.4) is 0 Å². The summed E-state index contributed by atoms with van der Waals surface area (Å²) in [7, 11) is 0. The molecule has 1 heterocycles. The van der Waals surface area contributed by atoms with Gasteiger partial charge in [-0.1, -0.05) is 49.4 Å². The summed E-state index contributed by atoms with van der Waals surface area (Å²) in [4.78, 5) is 16.9. The van der Waals surface area contributed by atoms with Gasteiger partial charge in [-0.25, -0.2) is 4.79 Å². The number of rotatable bonds is 5. The maximum Gasteiger partial charge on any atom is 0.321 e. The van der Waals surface area contributed by atoms with Gasteiger partial charge in [-0.05, 0) is 37.0 Å². The monoisotopic (exact) mass is 337 g/mol. The lowest BCUT2D eigenvalue weighted by molar-refractivity contribution is 0.246. The van der Waals surface area contributed by atoms with Gasteiger partial charge in [-0.3, -0.25) is 4.90 Å². The minimum absolute atomic E-state index is 0.0132. The Morgan fingerprint density at radius 3 is 2.48 bits per heavy atom. The van der Waals surface area contributed by atoms with Crippen molar-refractivity contribution in [2.24, 2.45) is 0 Å². The molecule has 2 aromatic carbocycles. The van der Waals surface area contributed by atoms with Crippen LogP contribution in [0.1, 0.15) is 25.3 Å². The van der Waals surface area contributed by atoms with Gasteiger partial charge in [0.15, 0.2) is 0 Å². The van der Waals surface area contributed by atoms with Crippen LogP contribution in [-0.4, -0.2) is 32.2 Å². The predicted molar refractivity (Wildman–Crippen MR) is 104 cm³/mol. The summed E-state index contributed by atoms with van der Waals surface area (Å²) < 4.78 is 0. The van der Waals surface area contributed by atoms with E-state index in [1.54, 1.807) is 0 Å². The first-order valence-corrected chi connectivity index (χ1v) is 9.23. The molecule has 3 rings (SSSR count). The molecule has 2 aromatic rings. The lowest BCUT2D eigenvalue weighted by Gasteiger charge is -2.27. The second kappa shape index (κ2) is 8.56. The van der Waals surface area contributed by atoms with E-state index in [-0.39, 0.29) is 6.03 Å². The fourth-order valence-electron chi connectivity index (χ4n) is 3.30. The van der Waals surface area contributed by atoms with E-state index in [0.29, 0.717) is 0 Å². The van der Waals surface area contributed by atoms with Gasteiger partial charge in [0.1, 0.15) is 0 Å². The molecular formula is C21H27N3O. The third-order valence-corrected chi connectivity index (χ3v) is 4.61. The topological polar surface area (TPSA) is 35.6 Å². The van der Waals surface area contributed by atoms with Crippen LogP contribution in [0.4, 0.5) is 16.2 Å². The molecule has 4 nitrogen and oxygen atoms in total. The Morgan fingerprint density at radius 2 is 1.72 bits per heavy atom. The molecule has 2 amide bonds. The van der Waals surface area contributed by atoms with E-state index in [9.17, 15) is 4.79 Å². The van der Waals surface area contributed by atoms with Crippen LogP contribution >= 0.6 is 0 Å². The fourth-order valence-corrected chi connectivity index (χ4v) is 3.30. The van der Waals surface area contributed by atoms with E-state index in [4.69, 9.17) is 0 Å². The minimum atomic E-state index is 0.0132. The number of nitrogens with zero attached hydrogens (tertiary/aromatic N) is 2. The number of hydrogen-bond acceptors (Lipinski definition) is 2. The molecule has 1 aliphatic heterocycles.